The van der Waals surface area contributed by atoms with Gasteiger partial charge in [0.05, 0.1) is 0 Å². The summed E-state index contributed by atoms with van der Waals surface area (Å²) in [7, 11) is 0. The molecule has 0 bridgehead atoms. The van der Waals surface area contributed by atoms with Crippen LogP contribution < -0.4 is 0 Å². The first-order valence-electron chi connectivity index (χ1n) is 4.07. The summed E-state index contributed by atoms with van der Waals surface area (Å²) < 4.78 is 0. The summed E-state index contributed by atoms with van der Waals surface area (Å²) >= 11 is 0. The van der Waals surface area contributed by atoms with Gasteiger partial charge in [0.25, 0.3) is 0 Å². The molecule has 0 spiro atoms. The van der Waals surface area contributed by atoms with Crippen molar-refractivity contribution in [3.63, 3.8) is 0 Å². The Labute approximate surface area is 57.0 Å². The smallest absolute Gasteiger partial charge is 0.00156 e. The van der Waals surface area contributed by atoms with Crippen molar-refractivity contribution in [1.29, 1.82) is 0 Å². The van der Waals surface area contributed by atoms with E-state index in [0.29, 0.717) is 0 Å². The normalized spacial score (nSPS) is 39.3. The molecule has 0 heterocycles. The van der Waals surface area contributed by atoms with Crippen LogP contribution in [0.25, 0.3) is 0 Å². The van der Waals surface area contributed by atoms with Crippen LogP contribution in [-0.4, -0.2) is 0 Å². The Hall–Kier alpha value is -0.260. The molecule has 0 amide bonds. The van der Waals surface area contributed by atoms with E-state index in [-0.39, 0.29) is 0 Å². The largest absolute Gasteiger partial charge is 0.0632 e. The predicted molar refractivity (Wildman–Crippen MR) is 39.2 cm³/mol. The minimum Gasteiger partial charge on any atom is -0.0632 e. The average molecular weight is 122 g/mol. The lowest BCUT2D eigenvalue weighted by atomic mass is 10.1. The molecule has 2 aliphatic carbocycles. The van der Waals surface area contributed by atoms with Gasteiger partial charge in [-0.05, 0) is 25.2 Å². The van der Waals surface area contributed by atoms with Gasteiger partial charge in [-0.25, -0.2) is 0 Å². The standard InChI is InChI=1S/C9H14/c1-3-7-8-5-4-6(2)9(7)8/h6,8H,3-5H2,1-2H3. The molecule has 50 valence electrons. The van der Waals surface area contributed by atoms with Gasteiger partial charge in [0.2, 0.25) is 0 Å². The molecule has 0 radical (unpaired) electrons. The number of allylic oxidation sites excluding steroid dienone is 2. The Morgan fingerprint density at radius 2 is 2.22 bits per heavy atom. The van der Waals surface area contributed by atoms with Crippen LogP contribution in [-0.2, 0) is 0 Å². The van der Waals surface area contributed by atoms with Crippen LogP contribution in [0, 0.1) is 11.8 Å². The molecule has 0 aromatic heterocycles. The highest BCUT2D eigenvalue weighted by Gasteiger charge is 2.42. The summed E-state index contributed by atoms with van der Waals surface area (Å²) in [4.78, 5) is 0. The molecule has 2 atom stereocenters. The van der Waals surface area contributed by atoms with E-state index in [1.54, 1.807) is 5.57 Å². The number of hydrogen-bond acceptors (Lipinski definition) is 0. The maximum Gasteiger partial charge on any atom is 0.00156 e. The van der Waals surface area contributed by atoms with Crippen LogP contribution in [0.15, 0.2) is 11.1 Å². The summed E-state index contributed by atoms with van der Waals surface area (Å²) in [5, 5.41) is 0. The molecule has 0 N–H and O–H groups in total. The van der Waals surface area contributed by atoms with E-state index in [1.165, 1.54) is 19.3 Å². The highest BCUT2D eigenvalue weighted by atomic mass is 14.5. The third-order valence-corrected chi connectivity index (χ3v) is 2.88. The number of hydrogen-bond donors (Lipinski definition) is 0. The molecule has 2 unspecified atom stereocenters. The Morgan fingerprint density at radius 3 is 2.56 bits per heavy atom. The molecule has 1 saturated carbocycles. The summed E-state index contributed by atoms with van der Waals surface area (Å²) in [6.45, 7) is 4.66. The van der Waals surface area contributed by atoms with Gasteiger partial charge in [0.15, 0.2) is 0 Å². The van der Waals surface area contributed by atoms with Gasteiger partial charge in [-0.15, -0.1) is 0 Å². The van der Waals surface area contributed by atoms with E-state index >= 15 is 0 Å². The van der Waals surface area contributed by atoms with Crippen LogP contribution in [0.2, 0.25) is 0 Å². The fourth-order valence-corrected chi connectivity index (χ4v) is 2.35. The van der Waals surface area contributed by atoms with Crippen molar-refractivity contribution in [3.05, 3.63) is 11.1 Å². The third-order valence-electron chi connectivity index (χ3n) is 2.88. The third kappa shape index (κ3) is 0.593. The van der Waals surface area contributed by atoms with Crippen LogP contribution in [0.5, 0.6) is 0 Å². The predicted octanol–water partition coefficient (Wildman–Crippen LogP) is 2.75. The Kier molecular flexibility index (Phi) is 0.992. The second-order valence-corrected chi connectivity index (χ2v) is 3.37. The highest BCUT2D eigenvalue weighted by molar-refractivity contribution is 5.44. The van der Waals surface area contributed by atoms with Gasteiger partial charge in [-0.3, -0.25) is 0 Å². The second-order valence-electron chi connectivity index (χ2n) is 3.37. The quantitative estimate of drug-likeness (QED) is 0.469. The Morgan fingerprint density at radius 1 is 1.44 bits per heavy atom. The fourth-order valence-electron chi connectivity index (χ4n) is 2.35. The molecule has 0 aromatic rings. The second kappa shape index (κ2) is 1.62. The molecular weight excluding hydrogens is 108 g/mol. The zero-order valence-electron chi connectivity index (χ0n) is 6.28. The zero-order valence-corrected chi connectivity index (χ0v) is 6.28. The zero-order chi connectivity index (χ0) is 6.43. The van der Waals surface area contributed by atoms with Crippen LogP contribution in [0.4, 0.5) is 0 Å². The van der Waals surface area contributed by atoms with Crippen molar-refractivity contribution in [2.45, 2.75) is 33.1 Å². The van der Waals surface area contributed by atoms with Crippen molar-refractivity contribution >= 4 is 0 Å². The minimum absolute atomic E-state index is 0.949. The summed E-state index contributed by atoms with van der Waals surface area (Å²) in [5.41, 5.74) is 3.63. The molecule has 2 aliphatic rings. The summed E-state index contributed by atoms with van der Waals surface area (Å²) in [6, 6.07) is 0. The summed E-state index contributed by atoms with van der Waals surface area (Å²) in [5.74, 6) is 1.95. The van der Waals surface area contributed by atoms with Gasteiger partial charge in [0.1, 0.15) is 0 Å². The van der Waals surface area contributed by atoms with Crippen molar-refractivity contribution in [3.8, 4) is 0 Å². The van der Waals surface area contributed by atoms with Gasteiger partial charge in [0, 0.05) is 5.92 Å². The van der Waals surface area contributed by atoms with E-state index in [4.69, 9.17) is 0 Å². The van der Waals surface area contributed by atoms with E-state index < -0.39 is 0 Å². The fraction of sp³-hybridized carbons (Fsp3) is 0.778. The lowest BCUT2D eigenvalue weighted by Gasteiger charge is -1.96. The molecule has 9 heavy (non-hydrogen) atoms. The molecule has 0 nitrogen and oxygen atoms in total. The minimum atomic E-state index is 0.949. The van der Waals surface area contributed by atoms with Crippen LogP contribution >= 0.6 is 0 Å². The SMILES string of the molecule is CCC1=C2C(C)CCC12. The monoisotopic (exact) mass is 122 g/mol. The van der Waals surface area contributed by atoms with E-state index in [9.17, 15) is 0 Å². The first kappa shape index (κ1) is 5.52. The Balaban J connectivity index is 2.14. The lowest BCUT2D eigenvalue weighted by molar-refractivity contribution is 0.662. The topological polar surface area (TPSA) is 0 Å². The van der Waals surface area contributed by atoms with Crippen molar-refractivity contribution in [1.82, 2.24) is 0 Å². The van der Waals surface area contributed by atoms with Gasteiger partial charge in [-0.2, -0.15) is 0 Å². The van der Waals surface area contributed by atoms with E-state index in [1.807, 2.05) is 5.57 Å². The van der Waals surface area contributed by atoms with Crippen LogP contribution in [0.3, 0.4) is 0 Å². The van der Waals surface area contributed by atoms with Gasteiger partial charge >= 0.3 is 0 Å². The van der Waals surface area contributed by atoms with Crippen molar-refractivity contribution in [2.24, 2.45) is 11.8 Å². The van der Waals surface area contributed by atoms with Crippen LogP contribution in [0.1, 0.15) is 33.1 Å². The molecular formula is C9H14. The summed E-state index contributed by atoms with van der Waals surface area (Å²) in [6.07, 6.45) is 4.26. The average Bonchev–Trinajstić information content (AvgIpc) is 2.46. The first-order valence-corrected chi connectivity index (χ1v) is 4.07. The maximum atomic E-state index is 2.37. The molecule has 2 rings (SSSR count). The first-order chi connectivity index (χ1) is 4.34. The van der Waals surface area contributed by atoms with Crippen molar-refractivity contribution < 1.29 is 0 Å². The number of rotatable bonds is 1. The maximum absolute atomic E-state index is 2.37. The van der Waals surface area contributed by atoms with Crippen molar-refractivity contribution in [2.75, 3.05) is 0 Å². The molecule has 0 heteroatoms. The molecule has 0 aromatic carbocycles. The van der Waals surface area contributed by atoms with E-state index in [0.717, 1.165) is 11.8 Å². The van der Waals surface area contributed by atoms with Gasteiger partial charge in [-0.1, -0.05) is 25.0 Å². The van der Waals surface area contributed by atoms with Gasteiger partial charge < -0.3 is 0 Å². The highest BCUT2D eigenvalue weighted by Crippen LogP contribution is 2.55. The van der Waals surface area contributed by atoms with E-state index in [2.05, 4.69) is 13.8 Å². The molecule has 1 fully saturated rings. The molecule has 0 aliphatic heterocycles. The number of fused-ring (bicyclic) bond motifs is 1. The lowest BCUT2D eigenvalue weighted by Crippen LogP contribution is -1.83. The Bertz CT molecular complexity index is 165. The molecule has 0 saturated heterocycles.